The minimum atomic E-state index is -3.53. The summed E-state index contributed by atoms with van der Waals surface area (Å²) in [6.07, 6.45) is 1.41. The van der Waals surface area contributed by atoms with Gasteiger partial charge in [0.25, 0.3) is 0 Å². The number of halogens is 1. The molecule has 1 aromatic rings. The highest BCUT2D eigenvalue weighted by molar-refractivity contribution is 7.90. The summed E-state index contributed by atoms with van der Waals surface area (Å²) in [4.78, 5) is 4.06. The van der Waals surface area contributed by atoms with Gasteiger partial charge in [-0.25, -0.2) is 18.7 Å². The Labute approximate surface area is 87.7 Å². The lowest BCUT2D eigenvalue weighted by Crippen LogP contribution is -2.06. The summed E-state index contributed by atoms with van der Waals surface area (Å²) in [6.45, 7) is 0.259. The Kier molecular flexibility index (Phi) is 3.78. The lowest BCUT2D eigenvalue weighted by atomic mass is 10.2. The van der Waals surface area contributed by atoms with E-state index in [1.807, 2.05) is 0 Å². The maximum absolute atomic E-state index is 13.2. The zero-order valence-corrected chi connectivity index (χ0v) is 9.05. The third-order valence-corrected chi connectivity index (χ3v) is 3.02. The molecule has 0 aliphatic heterocycles. The van der Waals surface area contributed by atoms with Crippen molar-refractivity contribution in [2.75, 3.05) is 12.9 Å². The molecular weight excluding hydrogens is 221 g/mol. The molecule has 6 heteroatoms. The highest BCUT2D eigenvalue weighted by atomic mass is 32.2. The van der Waals surface area contributed by atoms with Crippen LogP contribution in [-0.2, 0) is 21.1 Å². The SMILES string of the molecule is CS(=O)(=O)c1cc(CCON)ccc1F. The Hall–Kier alpha value is -0.980. The quantitative estimate of drug-likeness (QED) is 0.776. The molecule has 0 bridgehead atoms. The first-order valence-corrected chi connectivity index (χ1v) is 6.14. The van der Waals surface area contributed by atoms with Crippen molar-refractivity contribution in [3.63, 3.8) is 0 Å². The van der Waals surface area contributed by atoms with Gasteiger partial charge in [0, 0.05) is 6.26 Å². The number of rotatable bonds is 4. The molecule has 0 amide bonds. The fourth-order valence-corrected chi connectivity index (χ4v) is 1.95. The van der Waals surface area contributed by atoms with Gasteiger partial charge in [0.2, 0.25) is 0 Å². The number of hydrogen-bond donors (Lipinski definition) is 1. The first-order valence-electron chi connectivity index (χ1n) is 4.25. The summed E-state index contributed by atoms with van der Waals surface area (Å²) in [5.41, 5.74) is 0.669. The molecule has 0 aliphatic carbocycles. The van der Waals surface area contributed by atoms with E-state index in [0.29, 0.717) is 12.0 Å². The fourth-order valence-electron chi connectivity index (χ4n) is 1.16. The van der Waals surface area contributed by atoms with Gasteiger partial charge in [0.1, 0.15) is 10.7 Å². The lowest BCUT2D eigenvalue weighted by molar-refractivity contribution is 0.141. The maximum atomic E-state index is 13.2. The number of hydrogen-bond acceptors (Lipinski definition) is 4. The minimum Gasteiger partial charge on any atom is -0.304 e. The van der Waals surface area contributed by atoms with Gasteiger partial charge in [-0.15, -0.1) is 0 Å². The second kappa shape index (κ2) is 4.69. The van der Waals surface area contributed by atoms with Gasteiger partial charge in [0.15, 0.2) is 9.84 Å². The Morgan fingerprint density at radius 3 is 2.67 bits per heavy atom. The maximum Gasteiger partial charge on any atom is 0.178 e. The van der Waals surface area contributed by atoms with Gasteiger partial charge in [-0.1, -0.05) is 6.07 Å². The van der Waals surface area contributed by atoms with Crippen LogP contribution in [0.3, 0.4) is 0 Å². The zero-order valence-electron chi connectivity index (χ0n) is 8.23. The molecule has 15 heavy (non-hydrogen) atoms. The summed E-state index contributed by atoms with van der Waals surface area (Å²) >= 11 is 0. The largest absolute Gasteiger partial charge is 0.304 e. The van der Waals surface area contributed by atoms with Crippen LogP contribution in [0.4, 0.5) is 4.39 Å². The van der Waals surface area contributed by atoms with Crippen LogP contribution in [0.15, 0.2) is 23.1 Å². The molecule has 0 heterocycles. The van der Waals surface area contributed by atoms with Crippen molar-refractivity contribution in [2.45, 2.75) is 11.3 Å². The molecule has 2 N–H and O–H groups in total. The summed E-state index contributed by atoms with van der Waals surface area (Å²) in [5, 5.41) is 0. The van der Waals surface area contributed by atoms with Crippen molar-refractivity contribution in [1.29, 1.82) is 0 Å². The summed E-state index contributed by atoms with van der Waals surface area (Å²) in [6, 6.07) is 3.93. The van der Waals surface area contributed by atoms with Gasteiger partial charge in [0.05, 0.1) is 6.61 Å². The van der Waals surface area contributed by atoms with Crippen LogP contribution in [0.5, 0.6) is 0 Å². The first-order chi connectivity index (χ1) is 6.95. The molecular formula is C9H12FNO3S. The average Bonchev–Trinajstić information content (AvgIpc) is 2.15. The van der Waals surface area contributed by atoms with E-state index in [1.165, 1.54) is 12.1 Å². The molecule has 4 nitrogen and oxygen atoms in total. The summed E-state index contributed by atoms with van der Waals surface area (Å²) < 4.78 is 35.5. The van der Waals surface area contributed by atoms with Gasteiger partial charge < -0.3 is 4.84 Å². The van der Waals surface area contributed by atoms with Crippen molar-refractivity contribution in [3.8, 4) is 0 Å². The van der Waals surface area contributed by atoms with Crippen molar-refractivity contribution < 1.29 is 17.6 Å². The first kappa shape index (κ1) is 12.1. The molecule has 0 unspecified atom stereocenters. The van der Waals surface area contributed by atoms with E-state index >= 15 is 0 Å². The zero-order chi connectivity index (χ0) is 11.5. The van der Waals surface area contributed by atoms with Gasteiger partial charge >= 0.3 is 0 Å². The summed E-state index contributed by atoms with van der Waals surface area (Å²) in [7, 11) is -3.53. The molecule has 1 aromatic carbocycles. The molecule has 0 saturated carbocycles. The highest BCUT2D eigenvalue weighted by Crippen LogP contribution is 2.16. The number of sulfone groups is 1. The molecule has 0 saturated heterocycles. The van der Waals surface area contributed by atoms with Crippen LogP contribution in [0.1, 0.15) is 5.56 Å². The Morgan fingerprint density at radius 1 is 1.47 bits per heavy atom. The highest BCUT2D eigenvalue weighted by Gasteiger charge is 2.13. The van der Waals surface area contributed by atoms with E-state index in [4.69, 9.17) is 5.90 Å². The van der Waals surface area contributed by atoms with Crippen LogP contribution in [-0.4, -0.2) is 21.3 Å². The van der Waals surface area contributed by atoms with Crippen molar-refractivity contribution in [2.24, 2.45) is 5.90 Å². The predicted octanol–water partition coefficient (Wildman–Crippen LogP) is 0.662. The predicted molar refractivity (Wildman–Crippen MR) is 53.4 cm³/mol. The third kappa shape index (κ3) is 3.26. The summed E-state index contributed by atoms with van der Waals surface area (Å²) in [5.74, 6) is 4.10. The topological polar surface area (TPSA) is 69.4 Å². The molecule has 0 radical (unpaired) electrons. The second-order valence-corrected chi connectivity index (χ2v) is 5.14. The van der Waals surface area contributed by atoms with Gasteiger partial charge in [-0.2, -0.15) is 0 Å². The Bertz CT molecular complexity index is 445. The van der Waals surface area contributed by atoms with Crippen LogP contribution in [0, 0.1) is 5.82 Å². The third-order valence-electron chi connectivity index (χ3n) is 1.90. The van der Waals surface area contributed by atoms with Crippen molar-refractivity contribution >= 4 is 9.84 Å². The average molecular weight is 233 g/mol. The van der Waals surface area contributed by atoms with Crippen LogP contribution in [0.2, 0.25) is 0 Å². The lowest BCUT2D eigenvalue weighted by Gasteiger charge is -2.04. The van der Waals surface area contributed by atoms with E-state index in [-0.39, 0.29) is 11.5 Å². The van der Waals surface area contributed by atoms with Gasteiger partial charge in [-0.05, 0) is 24.1 Å². The molecule has 1 rings (SSSR count). The van der Waals surface area contributed by atoms with E-state index in [1.54, 1.807) is 0 Å². The van der Waals surface area contributed by atoms with Crippen LogP contribution in [0.25, 0.3) is 0 Å². The van der Waals surface area contributed by atoms with Crippen LogP contribution >= 0.6 is 0 Å². The molecule has 0 aliphatic rings. The molecule has 0 spiro atoms. The monoisotopic (exact) mass is 233 g/mol. The molecule has 0 atom stereocenters. The van der Waals surface area contributed by atoms with Gasteiger partial charge in [-0.3, -0.25) is 0 Å². The molecule has 0 aromatic heterocycles. The van der Waals surface area contributed by atoms with E-state index in [0.717, 1.165) is 12.3 Å². The molecule has 0 fully saturated rings. The molecule has 84 valence electrons. The normalized spacial score (nSPS) is 11.7. The van der Waals surface area contributed by atoms with E-state index in [9.17, 15) is 12.8 Å². The van der Waals surface area contributed by atoms with E-state index in [2.05, 4.69) is 4.84 Å². The minimum absolute atomic E-state index is 0.259. The van der Waals surface area contributed by atoms with Crippen molar-refractivity contribution in [1.82, 2.24) is 0 Å². The second-order valence-electron chi connectivity index (χ2n) is 3.16. The number of nitrogens with two attached hydrogens (primary N) is 1. The van der Waals surface area contributed by atoms with Crippen molar-refractivity contribution in [3.05, 3.63) is 29.6 Å². The fraction of sp³-hybridized carbons (Fsp3) is 0.333. The number of benzene rings is 1. The Morgan fingerprint density at radius 2 is 2.13 bits per heavy atom. The smallest absolute Gasteiger partial charge is 0.178 e. The van der Waals surface area contributed by atoms with E-state index < -0.39 is 15.7 Å². The standard InChI is InChI=1S/C9H12FNO3S/c1-15(12,13)9-6-7(4-5-14-11)2-3-8(9)10/h2-3,6H,4-5,11H2,1H3. The Balaban J connectivity index is 3.06. The van der Waals surface area contributed by atoms with Crippen LogP contribution < -0.4 is 5.90 Å².